The topological polar surface area (TPSA) is 60.9 Å². The Morgan fingerprint density at radius 3 is 3.10 bits per heavy atom. The van der Waals surface area contributed by atoms with E-state index in [1.807, 2.05) is 9.80 Å². The maximum absolute atomic E-state index is 12.7. The van der Waals surface area contributed by atoms with Crippen molar-refractivity contribution in [2.24, 2.45) is 5.92 Å². The van der Waals surface area contributed by atoms with Crippen molar-refractivity contribution >= 4 is 23.6 Å². The fraction of sp³-hybridized carbons (Fsp3) is 0.857. The lowest BCUT2D eigenvalue weighted by molar-refractivity contribution is -0.143. The summed E-state index contributed by atoms with van der Waals surface area (Å²) < 4.78 is 0. The summed E-state index contributed by atoms with van der Waals surface area (Å²) in [7, 11) is 0. The van der Waals surface area contributed by atoms with Crippen molar-refractivity contribution in [2.45, 2.75) is 43.5 Å². The van der Waals surface area contributed by atoms with Gasteiger partial charge in [0.1, 0.15) is 6.04 Å². The summed E-state index contributed by atoms with van der Waals surface area (Å²) in [6, 6.07) is -0.270. The first-order valence-electron chi connectivity index (χ1n) is 7.41. The molecule has 112 valence electrons. The van der Waals surface area contributed by atoms with E-state index in [1.54, 1.807) is 11.8 Å². The van der Waals surface area contributed by atoms with E-state index in [1.165, 1.54) is 0 Å². The molecule has 3 atom stereocenters. The Bertz CT molecular complexity index is 431. The normalized spacial score (nSPS) is 36.8. The van der Waals surface area contributed by atoms with Gasteiger partial charge in [0.05, 0.1) is 4.87 Å². The monoisotopic (exact) mass is 298 g/mol. The summed E-state index contributed by atoms with van der Waals surface area (Å²) >= 11 is 1.74. The quantitative estimate of drug-likeness (QED) is 0.832. The number of aliphatic hydroxyl groups is 1. The zero-order valence-electron chi connectivity index (χ0n) is 11.9. The summed E-state index contributed by atoms with van der Waals surface area (Å²) in [5.41, 5.74) is 0. The molecule has 0 aromatic carbocycles. The number of hydrogen-bond donors (Lipinski definition) is 1. The average Bonchev–Trinajstić information content (AvgIpc) is 3.07. The lowest BCUT2D eigenvalue weighted by Gasteiger charge is -2.31. The molecule has 5 nitrogen and oxygen atoms in total. The van der Waals surface area contributed by atoms with Gasteiger partial charge in [-0.2, -0.15) is 0 Å². The van der Waals surface area contributed by atoms with Crippen LogP contribution in [0.3, 0.4) is 0 Å². The standard InChI is InChI=1S/C14H22N2O3S/c1-14-5-2-12(18)16(14)11(9-20-14)13(19)15-6-3-10(8-15)4-7-17/h10-11,17H,2-9H2,1H3. The summed E-state index contributed by atoms with van der Waals surface area (Å²) in [6.07, 6.45) is 3.16. The van der Waals surface area contributed by atoms with E-state index in [0.29, 0.717) is 12.3 Å². The molecular formula is C14H22N2O3S. The second-order valence-corrected chi connectivity index (χ2v) is 7.72. The van der Waals surface area contributed by atoms with Crippen molar-refractivity contribution < 1.29 is 14.7 Å². The van der Waals surface area contributed by atoms with E-state index < -0.39 is 0 Å². The zero-order chi connectivity index (χ0) is 14.3. The number of rotatable bonds is 3. The number of thioether (sulfide) groups is 1. The highest BCUT2D eigenvalue weighted by molar-refractivity contribution is 8.01. The van der Waals surface area contributed by atoms with Gasteiger partial charge in [0.25, 0.3) is 0 Å². The van der Waals surface area contributed by atoms with Crippen LogP contribution in [0.1, 0.15) is 32.6 Å². The molecule has 3 rings (SSSR count). The first-order chi connectivity index (χ1) is 9.55. The lowest BCUT2D eigenvalue weighted by atomic mass is 10.1. The summed E-state index contributed by atoms with van der Waals surface area (Å²) in [5.74, 6) is 1.37. The largest absolute Gasteiger partial charge is 0.396 e. The Balaban J connectivity index is 1.68. The van der Waals surface area contributed by atoms with Crippen molar-refractivity contribution in [1.82, 2.24) is 9.80 Å². The van der Waals surface area contributed by atoms with Crippen molar-refractivity contribution in [3.63, 3.8) is 0 Å². The van der Waals surface area contributed by atoms with Crippen LogP contribution in [0.4, 0.5) is 0 Å². The first-order valence-corrected chi connectivity index (χ1v) is 8.39. The summed E-state index contributed by atoms with van der Waals surface area (Å²) in [5, 5.41) is 9.00. The van der Waals surface area contributed by atoms with Gasteiger partial charge < -0.3 is 14.9 Å². The van der Waals surface area contributed by atoms with E-state index in [9.17, 15) is 9.59 Å². The Morgan fingerprint density at radius 1 is 1.55 bits per heavy atom. The van der Waals surface area contributed by atoms with Crippen LogP contribution >= 0.6 is 11.8 Å². The molecular weight excluding hydrogens is 276 g/mol. The van der Waals surface area contributed by atoms with Gasteiger partial charge in [-0.15, -0.1) is 11.8 Å². The summed E-state index contributed by atoms with van der Waals surface area (Å²) in [6.45, 7) is 3.77. The van der Waals surface area contributed by atoms with Gasteiger partial charge in [0, 0.05) is 31.9 Å². The maximum atomic E-state index is 12.7. The molecule has 0 aliphatic carbocycles. The van der Waals surface area contributed by atoms with Gasteiger partial charge in [-0.1, -0.05) is 0 Å². The molecule has 3 heterocycles. The minimum atomic E-state index is -0.270. The Hall–Kier alpha value is -0.750. The van der Waals surface area contributed by atoms with Gasteiger partial charge in [0.15, 0.2) is 0 Å². The molecule has 0 bridgehead atoms. The minimum Gasteiger partial charge on any atom is -0.396 e. The van der Waals surface area contributed by atoms with Gasteiger partial charge in [-0.05, 0) is 32.1 Å². The molecule has 3 aliphatic heterocycles. The van der Waals surface area contributed by atoms with Gasteiger partial charge in [-0.25, -0.2) is 0 Å². The number of nitrogens with zero attached hydrogens (tertiary/aromatic N) is 2. The van der Waals surface area contributed by atoms with Crippen molar-refractivity contribution in [3.8, 4) is 0 Å². The Labute approximate surface area is 123 Å². The molecule has 0 aromatic rings. The van der Waals surface area contributed by atoms with Gasteiger partial charge in [-0.3, -0.25) is 9.59 Å². The molecule has 0 radical (unpaired) electrons. The van der Waals surface area contributed by atoms with Crippen molar-refractivity contribution in [1.29, 1.82) is 0 Å². The van der Waals surface area contributed by atoms with Crippen molar-refractivity contribution in [3.05, 3.63) is 0 Å². The molecule has 0 aromatic heterocycles. The molecule has 1 N–H and O–H groups in total. The van der Waals surface area contributed by atoms with Crippen LogP contribution in [-0.2, 0) is 9.59 Å². The average molecular weight is 298 g/mol. The van der Waals surface area contributed by atoms with Crippen LogP contribution in [-0.4, -0.2) is 63.1 Å². The summed E-state index contributed by atoms with van der Waals surface area (Å²) in [4.78, 5) is 28.3. The lowest BCUT2D eigenvalue weighted by Crippen LogP contribution is -2.50. The fourth-order valence-corrected chi connectivity index (χ4v) is 5.09. The van der Waals surface area contributed by atoms with Crippen LogP contribution in [0.5, 0.6) is 0 Å². The third-order valence-corrected chi connectivity index (χ3v) is 6.37. The van der Waals surface area contributed by atoms with Crippen LogP contribution in [0.25, 0.3) is 0 Å². The van der Waals surface area contributed by atoms with Crippen LogP contribution in [0.2, 0.25) is 0 Å². The highest BCUT2D eigenvalue weighted by Crippen LogP contribution is 2.47. The predicted molar refractivity (Wildman–Crippen MR) is 77.1 cm³/mol. The zero-order valence-corrected chi connectivity index (χ0v) is 12.7. The minimum absolute atomic E-state index is 0.108. The maximum Gasteiger partial charge on any atom is 0.246 e. The number of amides is 2. The number of likely N-dealkylation sites (tertiary alicyclic amines) is 1. The molecule has 3 saturated heterocycles. The van der Waals surface area contributed by atoms with Crippen LogP contribution in [0, 0.1) is 5.92 Å². The molecule has 2 amide bonds. The van der Waals surface area contributed by atoms with Gasteiger partial charge >= 0.3 is 0 Å². The Kier molecular flexibility index (Phi) is 3.71. The van der Waals surface area contributed by atoms with E-state index in [0.717, 1.165) is 38.1 Å². The predicted octanol–water partition coefficient (Wildman–Crippen LogP) is 0.671. The number of aliphatic hydroxyl groups excluding tert-OH is 1. The molecule has 3 fully saturated rings. The third kappa shape index (κ3) is 2.22. The number of fused-ring (bicyclic) bond motifs is 1. The van der Waals surface area contributed by atoms with E-state index in [-0.39, 0.29) is 29.3 Å². The molecule has 3 aliphatic rings. The highest BCUT2D eigenvalue weighted by Gasteiger charge is 2.53. The fourth-order valence-electron chi connectivity index (χ4n) is 3.67. The second-order valence-electron chi connectivity index (χ2n) is 6.22. The third-order valence-electron chi connectivity index (χ3n) is 4.86. The molecule has 3 unspecified atom stereocenters. The molecule has 0 spiro atoms. The van der Waals surface area contributed by atoms with E-state index >= 15 is 0 Å². The van der Waals surface area contributed by atoms with Crippen LogP contribution in [0.15, 0.2) is 0 Å². The van der Waals surface area contributed by atoms with Gasteiger partial charge in [0.2, 0.25) is 11.8 Å². The molecule has 6 heteroatoms. The molecule has 0 saturated carbocycles. The number of hydrogen-bond acceptors (Lipinski definition) is 4. The first kappa shape index (κ1) is 14.2. The second kappa shape index (κ2) is 5.22. The molecule has 20 heavy (non-hydrogen) atoms. The highest BCUT2D eigenvalue weighted by atomic mass is 32.2. The van der Waals surface area contributed by atoms with Crippen molar-refractivity contribution in [2.75, 3.05) is 25.4 Å². The van der Waals surface area contributed by atoms with E-state index in [2.05, 4.69) is 6.92 Å². The number of carbonyl (C=O) groups is 2. The van der Waals surface area contributed by atoms with Crippen LogP contribution < -0.4 is 0 Å². The number of carbonyl (C=O) groups excluding carboxylic acids is 2. The van der Waals surface area contributed by atoms with E-state index in [4.69, 9.17) is 5.11 Å². The Morgan fingerprint density at radius 2 is 2.35 bits per heavy atom. The SMILES string of the molecule is CC12CCC(=O)N1C(C(=O)N1CCC(CCO)C1)CS2. The smallest absolute Gasteiger partial charge is 0.246 e.